The van der Waals surface area contributed by atoms with E-state index in [1.54, 1.807) is 24.8 Å². The zero-order valence-electron chi connectivity index (χ0n) is 13.8. The van der Waals surface area contributed by atoms with Crippen molar-refractivity contribution in [3.63, 3.8) is 0 Å². The van der Waals surface area contributed by atoms with Crippen LogP contribution in [0.5, 0.6) is 0 Å². The first-order chi connectivity index (χ1) is 11.6. The third-order valence-corrected chi connectivity index (χ3v) is 3.49. The monoisotopic (exact) mass is 333 g/mol. The van der Waals surface area contributed by atoms with E-state index in [4.69, 9.17) is 9.47 Å². The number of halogens is 1. The molecule has 2 aromatic rings. The number of benzene rings is 1. The summed E-state index contributed by atoms with van der Waals surface area (Å²) in [5.41, 5.74) is 0.421. The molecule has 0 amide bonds. The molecule has 0 aliphatic carbocycles. The van der Waals surface area contributed by atoms with E-state index in [1.165, 1.54) is 30.5 Å². The molecule has 128 valence electrons. The van der Waals surface area contributed by atoms with E-state index < -0.39 is 11.4 Å². The molecule has 1 aromatic heterocycles. The smallest absolute Gasteiger partial charge is 0.343 e. The second-order valence-corrected chi connectivity index (χ2v) is 5.23. The number of nitrogens with zero attached hydrogens (tertiary/aromatic N) is 1. The number of hydrogen-bond acceptors (Lipinski definition) is 4. The normalized spacial score (nSPS) is 10.6. The van der Waals surface area contributed by atoms with Gasteiger partial charge in [-0.2, -0.15) is 0 Å². The highest BCUT2D eigenvalue weighted by Crippen LogP contribution is 2.17. The van der Waals surface area contributed by atoms with Crippen LogP contribution in [0.15, 0.2) is 41.5 Å². The maximum absolute atomic E-state index is 13.1. The van der Waals surface area contributed by atoms with E-state index in [-0.39, 0.29) is 18.0 Å². The van der Waals surface area contributed by atoms with Crippen LogP contribution in [0.25, 0.3) is 11.1 Å². The van der Waals surface area contributed by atoms with Crippen LogP contribution in [0.4, 0.5) is 4.39 Å². The quantitative estimate of drug-likeness (QED) is 0.577. The summed E-state index contributed by atoms with van der Waals surface area (Å²) >= 11 is 0. The molecule has 0 spiro atoms. The van der Waals surface area contributed by atoms with Gasteiger partial charge in [-0.3, -0.25) is 4.79 Å². The fourth-order valence-electron chi connectivity index (χ4n) is 2.34. The van der Waals surface area contributed by atoms with Crippen molar-refractivity contribution < 1.29 is 18.7 Å². The number of hydrogen-bond donors (Lipinski definition) is 0. The number of esters is 1. The van der Waals surface area contributed by atoms with Gasteiger partial charge in [-0.1, -0.05) is 12.1 Å². The first kappa shape index (κ1) is 17.9. The fraction of sp³-hybridized carbons (Fsp3) is 0.333. The summed E-state index contributed by atoms with van der Waals surface area (Å²) < 4.78 is 24.9. The summed E-state index contributed by atoms with van der Waals surface area (Å²) in [6, 6.07) is 5.59. The highest BCUT2D eigenvalue weighted by molar-refractivity contribution is 5.90. The van der Waals surface area contributed by atoms with Crippen molar-refractivity contribution in [3.8, 4) is 11.1 Å². The van der Waals surface area contributed by atoms with E-state index in [2.05, 4.69) is 0 Å². The van der Waals surface area contributed by atoms with Gasteiger partial charge in [0, 0.05) is 38.2 Å². The molecule has 0 aliphatic rings. The Morgan fingerprint density at radius 2 is 1.92 bits per heavy atom. The van der Waals surface area contributed by atoms with Crippen LogP contribution in [-0.4, -0.2) is 30.9 Å². The average molecular weight is 333 g/mol. The summed E-state index contributed by atoms with van der Waals surface area (Å²) in [6.07, 6.45) is 3.88. The maximum atomic E-state index is 13.1. The van der Waals surface area contributed by atoms with Crippen LogP contribution in [0.3, 0.4) is 0 Å². The van der Waals surface area contributed by atoms with Crippen LogP contribution in [0.2, 0.25) is 0 Å². The van der Waals surface area contributed by atoms with Crippen molar-refractivity contribution in [3.05, 3.63) is 58.3 Å². The van der Waals surface area contributed by atoms with Gasteiger partial charge in [0.05, 0.1) is 6.61 Å². The molecule has 0 bridgehead atoms. The van der Waals surface area contributed by atoms with Crippen molar-refractivity contribution in [1.29, 1.82) is 0 Å². The Morgan fingerprint density at radius 1 is 1.21 bits per heavy atom. The minimum absolute atomic E-state index is 0.0314. The summed E-state index contributed by atoms with van der Waals surface area (Å²) in [4.78, 5) is 24.7. The third kappa shape index (κ3) is 4.29. The summed E-state index contributed by atoms with van der Waals surface area (Å²) in [7, 11) is 1.61. The Balaban J connectivity index is 2.49. The number of carbonyl (C=O) groups excluding carboxylic acids is 1. The number of carbonyl (C=O) groups is 1. The molecular weight excluding hydrogens is 313 g/mol. The van der Waals surface area contributed by atoms with Gasteiger partial charge in [0.25, 0.3) is 0 Å². The van der Waals surface area contributed by atoms with Crippen LogP contribution in [0, 0.1) is 5.82 Å². The minimum atomic E-state index is -0.660. The predicted octanol–water partition coefficient (Wildman–Crippen LogP) is 2.87. The SMILES string of the molecule is CCOC(=O)c1cn(CCCOC)cc(-c2ccc(F)cc2)c1=O. The van der Waals surface area contributed by atoms with Crippen molar-refractivity contribution in [2.75, 3.05) is 20.3 Å². The number of pyridine rings is 1. The van der Waals surface area contributed by atoms with Crippen molar-refractivity contribution >= 4 is 5.97 Å². The van der Waals surface area contributed by atoms with E-state index in [0.717, 1.165) is 6.42 Å². The molecule has 5 nitrogen and oxygen atoms in total. The molecule has 1 heterocycles. The number of ether oxygens (including phenoxy) is 2. The molecule has 2 rings (SSSR count). The second kappa shape index (κ2) is 8.40. The standard InChI is InChI=1S/C18H20FNO4/c1-3-24-18(22)16-12-20(9-4-10-23-2)11-15(17(16)21)13-5-7-14(19)8-6-13/h5-8,11-12H,3-4,9-10H2,1-2H3. The summed E-state index contributed by atoms with van der Waals surface area (Å²) in [5, 5.41) is 0. The van der Waals surface area contributed by atoms with Gasteiger partial charge in [-0.25, -0.2) is 9.18 Å². The van der Waals surface area contributed by atoms with Gasteiger partial charge in [-0.15, -0.1) is 0 Å². The van der Waals surface area contributed by atoms with E-state index >= 15 is 0 Å². The fourth-order valence-corrected chi connectivity index (χ4v) is 2.34. The Labute approximate surface area is 139 Å². The molecule has 0 fully saturated rings. The van der Waals surface area contributed by atoms with E-state index in [1.807, 2.05) is 0 Å². The lowest BCUT2D eigenvalue weighted by Crippen LogP contribution is -2.22. The first-order valence-corrected chi connectivity index (χ1v) is 7.73. The Kier molecular flexibility index (Phi) is 6.26. The molecule has 0 saturated carbocycles. The number of aryl methyl sites for hydroxylation is 1. The molecule has 0 radical (unpaired) electrons. The van der Waals surface area contributed by atoms with Gasteiger partial charge in [0.15, 0.2) is 0 Å². The topological polar surface area (TPSA) is 57.5 Å². The van der Waals surface area contributed by atoms with E-state index in [0.29, 0.717) is 24.3 Å². The Hall–Kier alpha value is -2.47. The lowest BCUT2D eigenvalue weighted by molar-refractivity contribution is 0.0524. The second-order valence-electron chi connectivity index (χ2n) is 5.23. The lowest BCUT2D eigenvalue weighted by Gasteiger charge is -2.12. The first-order valence-electron chi connectivity index (χ1n) is 7.73. The zero-order valence-corrected chi connectivity index (χ0v) is 13.8. The molecular formula is C18H20FNO4. The number of rotatable bonds is 7. The van der Waals surface area contributed by atoms with Crippen molar-refractivity contribution in [2.45, 2.75) is 19.9 Å². The molecule has 0 unspecified atom stereocenters. The highest BCUT2D eigenvalue weighted by atomic mass is 19.1. The molecule has 0 N–H and O–H groups in total. The number of aromatic nitrogens is 1. The molecule has 0 aliphatic heterocycles. The summed E-state index contributed by atoms with van der Waals surface area (Å²) in [5.74, 6) is -1.05. The van der Waals surface area contributed by atoms with Crippen LogP contribution in [0.1, 0.15) is 23.7 Å². The maximum Gasteiger partial charge on any atom is 0.343 e. The van der Waals surface area contributed by atoms with Gasteiger partial charge in [0.2, 0.25) is 5.43 Å². The zero-order chi connectivity index (χ0) is 17.5. The van der Waals surface area contributed by atoms with Gasteiger partial charge >= 0.3 is 5.97 Å². The lowest BCUT2D eigenvalue weighted by atomic mass is 10.0. The average Bonchev–Trinajstić information content (AvgIpc) is 2.57. The predicted molar refractivity (Wildman–Crippen MR) is 88.5 cm³/mol. The third-order valence-electron chi connectivity index (χ3n) is 3.49. The Morgan fingerprint density at radius 3 is 2.54 bits per heavy atom. The van der Waals surface area contributed by atoms with Crippen LogP contribution < -0.4 is 5.43 Å². The minimum Gasteiger partial charge on any atom is -0.462 e. The summed E-state index contributed by atoms with van der Waals surface area (Å²) in [6.45, 7) is 3.00. The van der Waals surface area contributed by atoms with Gasteiger partial charge < -0.3 is 14.0 Å². The molecule has 24 heavy (non-hydrogen) atoms. The number of methoxy groups -OCH3 is 1. The van der Waals surface area contributed by atoms with Crippen LogP contribution in [-0.2, 0) is 16.0 Å². The highest BCUT2D eigenvalue weighted by Gasteiger charge is 2.17. The molecule has 0 saturated heterocycles. The molecule has 1 aromatic carbocycles. The Bertz CT molecular complexity index is 753. The van der Waals surface area contributed by atoms with Crippen molar-refractivity contribution in [1.82, 2.24) is 4.57 Å². The molecule has 0 atom stereocenters. The molecule has 6 heteroatoms. The largest absolute Gasteiger partial charge is 0.462 e. The van der Waals surface area contributed by atoms with Gasteiger partial charge in [-0.05, 0) is 31.0 Å². The van der Waals surface area contributed by atoms with Crippen molar-refractivity contribution in [2.24, 2.45) is 0 Å². The van der Waals surface area contributed by atoms with Gasteiger partial charge in [0.1, 0.15) is 11.4 Å². The van der Waals surface area contributed by atoms with Crippen LogP contribution >= 0.6 is 0 Å². The van der Waals surface area contributed by atoms with E-state index in [9.17, 15) is 14.0 Å².